The van der Waals surface area contributed by atoms with Crippen molar-refractivity contribution in [2.45, 2.75) is 46.1 Å². The van der Waals surface area contributed by atoms with E-state index in [2.05, 4.69) is 13.8 Å². The van der Waals surface area contributed by atoms with Crippen LogP contribution >= 0.6 is 0 Å². The first-order valence-corrected chi connectivity index (χ1v) is 8.68. The molecule has 0 N–H and O–H groups in total. The third-order valence-electron chi connectivity index (χ3n) is 3.65. The van der Waals surface area contributed by atoms with Crippen molar-refractivity contribution in [1.29, 1.82) is 0 Å². The number of carbonyl (C=O) groups excluding carboxylic acids is 1. The van der Waals surface area contributed by atoms with Gasteiger partial charge in [0.05, 0.1) is 19.3 Å². The van der Waals surface area contributed by atoms with Gasteiger partial charge in [0, 0.05) is 6.08 Å². The number of ether oxygens (including phenoxy) is 2. The summed E-state index contributed by atoms with van der Waals surface area (Å²) in [6.07, 6.45) is 6.23. The van der Waals surface area contributed by atoms with E-state index in [1.165, 1.54) is 0 Å². The van der Waals surface area contributed by atoms with Crippen molar-refractivity contribution >= 4 is 6.16 Å². The van der Waals surface area contributed by atoms with Gasteiger partial charge in [-0.2, -0.15) is 0 Å². The standard InChI is InChI=1S/C19H29NO4/c1-3-5-13-20(22,14-6-4-2)15-10-16-23-19(21)24-17-18-11-8-7-9-12-18/h7-12,15H,3-6,13-14,16-17H2,1-2H3. The van der Waals surface area contributed by atoms with Gasteiger partial charge in [0.2, 0.25) is 0 Å². The maximum absolute atomic E-state index is 12.7. The van der Waals surface area contributed by atoms with Crippen LogP contribution in [0.5, 0.6) is 0 Å². The third kappa shape index (κ3) is 8.70. The quantitative estimate of drug-likeness (QED) is 0.332. The van der Waals surface area contributed by atoms with Gasteiger partial charge in [-0.1, -0.05) is 57.0 Å². The Labute approximate surface area is 145 Å². The number of nitrogens with zero attached hydrogens (tertiary/aromatic N) is 1. The molecule has 0 unspecified atom stereocenters. The Morgan fingerprint density at radius 2 is 1.71 bits per heavy atom. The van der Waals surface area contributed by atoms with Crippen LogP contribution in [-0.4, -0.2) is 30.5 Å². The number of unbranched alkanes of at least 4 members (excludes halogenated alkanes) is 2. The Kier molecular flexibility index (Phi) is 9.80. The molecule has 0 aliphatic carbocycles. The molecule has 5 heteroatoms. The summed E-state index contributed by atoms with van der Waals surface area (Å²) in [7, 11) is 0. The number of hydroxylamine groups is 3. The molecule has 0 heterocycles. The first-order valence-electron chi connectivity index (χ1n) is 8.68. The summed E-state index contributed by atoms with van der Waals surface area (Å²) in [6.45, 7) is 5.49. The van der Waals surface area contributed by atoms with E-state index in [1.54, 1.807) is 12.3 Å². The van der Waals surface area contributed by atoms with E-state index in [9.17, 15) is 10.0 Å². The number of rotatable bonds is 11. The predicted molar refractivity (Wildman–Crippen MR) is 94.9 cm³/mol. The molecule has 1 aromatic carbocycles. The van der Waals surface area contributed by atoms with E-state index >= 15 is 0 Å². The van der Waals surface area contributed by atoms with Crippen LogP contribution in [0.4, 0.5) is 4.79 Å². The van der Waals surface area contributed by atoms with Crippen molar-refractivity contribution in [3.05, 3.63) is 53.4 Å². The second-order valence-electron chi connectivity index (χ2n) is 5.83. The molecule has 0 aliphatic heterocycles. The average molecular weight is 335 g/mol. The molecule has 0 atom stereocenters. The molecular formula is C19H29NO4. The zero-order valence-electron chi connectivity index (χ0n) is 14.8. The van der Waals surface area contributed by atoms with Gasteiger partial charge in [0.1, 0.15) is 13.2 Å². The molecular weight excluding hydrogens is 306 g/mol. The van der Waals surface area contributed by atoms with Crippen molar-refractivity contribution in [2.24, 2.45) is 0 Å². The van der Waals surface area contributed by atoms with Crippen LogP contribution < -0.4 is 0 Å². The van der Waals surface area contributed by atoms with Gasteiger partial charge >= 0.3 is 6.16 Å². The minimum atomic E-state index is -0.727. The Balaban J connectivity index is 2.33. The highest BCUT2D eigenvalue weighted by molar-refractivity contribution is 5.60. The second-order valence-corrected chi connectivity index (χ2v) is 5.83. The van der Waals surface area contributed by atoms with Crippen LogP contribution in [0, 0.1) is 5.21 Å². The zero-order valence-corrected chi connectivity index (χ0v) is 14.8. The first kappa shape index (κ1) is 20.2. The van der Waals surface area contributed by atoms with Gasteiger partial charge in [0.25, 0.3) is 0 Å². The van der Waals surface area contributed by atoms with Gasteiger partial charge in [-0.3, -0.25) is 0 Å². The molecule has 0 radical (unpaired) electrons. The van der Waals surface area contributed by atoms with E-state index in [4.69, 9.17) is 9.47 Å². The topological polar surface area (TPSA) is 58.6 Å². The molecule has 0 bridgehead atoms. The fraction of sp³-hybridized carbons (Fsp3) is 0.526. The summed E-state index contributed by atoms with van der Waals surface area (Å²) in [5, 5.41) is 12.7. The molecule has 134 valence electrons. The van der Waals surface area contributed by atoms with Crippen LogP contribution in [0.15, 0.2) is 42.6 Å². The lowest BCUT2D eigenvalue weighted by atomic mass is 10.2. The van der Waals surface area contributed by atoms with Crippen molar-refractivity contribution in [1.82, 2.24) is 0 Å². The van der Waals surface area contributed by atoms with Gasteiger partial charge in [-0.15, -0.1) is 0 Å². The monoisotopic (exact) mass is 335 g/mol. The zero-order chi connectivity index (χ0) is 17.7. The molecule has 0 spiro atoms. The Morgan fingerprint density at radius 3 is 2.29 bits per heavy atom. The molecule has 0 saturated heterocycles. The number of benzene rings is 1. The lowest BCUT2D eigenvalue weighted by molar-refractivity contribution is -0.829. The minimum Gasteiger partial charge on any atom is -0.628 e. The molecule has 0 fully saturated rings. The van der Waals surface area contributed by atoms with Crippen LogP contribution in [0.2, 0.25) is 0 Å². The lowest BCUT2D eigenvalue weighted by Gasteiger charge is -2.39. The number of carbonyl (C=O) groups is 1. The van der Waals surface area contributed by atoms with Crippen molar-refractivity contribution in [2.75, 3.05) is 19.7 Å². The molecule has 0 aromatic heterocycles. The summed E-state index contributed by atoms with van der Waals surface area (Å²) in [6, 6.07) is 9.41. The smallest absolute Gasteiger partial charge is 0.508 e. The van der Waals surface area contributed by atoms with E-state index in [-0.39, 0.29) is 17.9 Å². The van der Waals surface area contributed by atoms with Crippen LogP contribution in [-0.2, 0) is 16.1 Å². The summed E-state index contributed by atoms with van der Waals surface area (Å²) in [4.78, 5) is 11.5. The highest BCUT2D eigenvalue weighted by atomic mass is 16.7. The largest absolute Gasteiger partial charge is 0.628 e. The number of hydrogen-bond acceptors (Lipinski definition) is 4. The number of hydrogen-bond donors (Lipinski definition) is 0. The molecule has 1 rings (SSSR count). The highest BCUT2D eigenvalue weighted by Crippen LogP contribution is 2.11. The predicted octanol–water partition coefficient (Wildman–Crippen LogP) is 4.77. The average Bonchev–Trinajstić information content (AvgIpc) is 2.61. The molecule has 0 amide bonds. The maximum Gasteiger partial charge on any atom is 0.508 e. The summed E-state index contributed by atoms with van der Waals surface area (Å²) < 4.78 is 9.63. The number of quaternary nitrogens is 1. The molecule has 24 heavy (non-hydrogen) atoms. The highest BCUT2D eigenvalue weighted by Gasteiger charge is 2.12. The lowest BCUT2D eigenvalue weighted by Crippen LogP contribution is -2.38. The SMILES string of the molecule is CCCC[N+]([O-])(C=CCOC(=O)OCc1ccccc1)CCCC. The van der Waals surface area contributed by atoms with E-state index < -0.39 is 6.16 Å². The van der Waals surface area contributed by atoms with E-state index in [0.29, 0.717) is 13.1 Å². The van der Waals surface area contributed by atoms with Gasteiger partial charge in [0.15, 0.2) is 0 Å². The summed E-state index contributed by atoms with van der Waals surface area (Å²) in [5.41, 5.74) is 0.902. The molecule has 5 nitrogen and oxygen atoms in total. The Hall–Kier alpha value is -1.85. The Morgan fingerprint density at radius 1 is 1.08 bits per heavy atom. The van der Waals surface area contributed by atoms with Gasteiger partial charge in [-0.25, -0.2) is 4.79 Å². The van der Waals surface area contributed by atoms with Crippen LogP contribution in [0.3, 0.4) is 0 Å². The van der Waals surface area contributed by atoms with E-state index in [0.717, 1.165) is 31.2 Å². The fourth-order valence-electron chi connectivity index (χ4n) is 2.22. The van der Waals surface area contributed by atoms with Crippen molar-refractivity contribution in [3.63, 3.8) is 0 Å². The summed E-state index contributed by atoms with van der Waals surface area (Å²) in [5.74, 6) is 0. The van der Waals surface area contributed by atoms with Crippen LogP contribution in [0.25, 0.3) is 0 Å². The normalized spacial score (nSPS) is 11.6. The first-order chi connectivity index (χ1) is 11.6. The Bertz CT molecular complexity index is 479. The van der Waals surface area contributed by atoms with Gasteiger partial charge < -0.3 is 19.3 Å². The van der Waals surface area contributed by atoms with Gasteiger partial charge in [-0.05, 0) is 18.4 Å². The molecule has 1 aromatic rings. The minimum absolute atomic E-state index is 0.0497. The third-order valence-corrected chi connectivity index (χ3v) is 3.65. The molecule has 0 aliphatic rings. The molecule has 0 saturated carbocycles. The van der Waals surface area contributed by atoms with E-state index in [1.807, 2.05) is 30.3 Å². The van der Waals surface area contributed by atoms with Crippen molar-refractivity contribution < 1.29 is 18.9 Å². The maximum atomic E-state index is 12.7. The fourth-order valence-corrected chi connectivity index (χ4v) is 2.22. The van der Waals surface area contributed by atoms with Crippen LogP contribution in [0.1, 0.15) is 45.1 Å². The summed E-state index contributed by atoms with van der Waals surface area (Å²) >= 11 is 0. The van der Waals surface area contributed by atoms with Crippen molar-refractivity contribution in [3.8, 4) is 0 Å². The second kappa shape index (κ2) is 11.6.